The Kier molecular flexibility index (Phi) is 5.91. The van der Waals surface area contributed by atoms with Crippen LogP contribution < -0.4 is 16.4 Å². The maximum atomic E-state index is 14.8. The zero-order valence-electron chi connectivity index (χ0n) is 17.0. The first kappa shape index (κ1) is 22.2. The van der Waals surface area contributed by atoms with Crippen molar-refractivity contribution >= 4 is 28.1 Å². The number of carbonyl (C=O) groups is 1. The molecule has 0 unspecified atom stereocenters. The molecule has 2 atom stereocenters. The SMILES string of the molecule is C[C@@H](c1ccc(C(F)(F)F)cc1)[C@H](N)CNc1ncc(-c2ccc3c(c2F)CC(=O)N3)s1. The summed E-state index contributed by atoms with van der Waals surface area (Å²) in [5, 5.41) is 6.27. The van der Waals surface area contributed by atoms with E-state index < -0.39 is 17.6 Å². The summed E-state index contributed by atoms with van der Waals surface area (Å²) >= 11 is 1.25. The van der Waals surface area contributed by atoms with Crippen molar-refractivity contribution < 1.29 is 22.4 Å². The largest absolute Gasteiger partial charge is 0.416 e. The van der Waals surface area contributed by atoms with E-state index in [4.69, 9.17) is 5.73 Å². The molecule has 0 saturated carbocycles. The summed E-state index contributed by atoms with van der Waals surface area (Å²) in [6.07, 6.45) is -2.82. The highest BCUT2D eigenvalue weighted by molar-refractivity contribution is 7.18. The molecule has 4 N–H and O–H groups in total. The van der Waals surface area contributed by atoms with E-state index in [1.807, 2.05) is 6.92 Å². The van der Waals surface area contributed by atoms with Crippen molar-refractivity contribution in [2.75, 3.05) is 17.2 Å². The number of carbonyl (C=O) groups excluding carboxylic acids is 1. The standard InChI is InChI=1S/C22H20F4N4OS/c1-11(12-2-4-13(5-3-12)22(24,25)26)16(27)9-28-21-29-10-18(32-21)14-6-7-17-15(20(14)23)8-19(31)30-17/h2-7,10-11,16H,8-9,27H2,1H3,(H,28,29)(H,30,31)/t11-,16+/m0/s1. The number of benzene rings is 2. The van der Waals surface area contributed by atoms with Gasteiger partial charge in [0.1, 0.15) is 5.82 Å². The van der Waals surface area contributed by atoms with Crippen LogP contribution in [0.5, 0.6) is 0 Å². The second kappa shape index (κ2) is 8.51. The molecule has 1 aromatic heterocycles. The number of hydrogen-bond acceptors (Lipinski definition) is 5. The van der Waals surface area contributed by atoms with E-state index >= 15 is 0 Å². The highest BCUT2D eigenvalue weighted by atomic mass is 32.1. The quantitative estimate of drug-likeness (QED) is 0.449. The topological polar surface area (TPSA) is 80.0 Å². The number of thiazole rings is 1. The van der Waals surface area contributed by atoms with Crippen LogP contribution in [-0.2, 0) is 17.4 Å². The van der Waals surface area contributed by atoms with E-state index in [9.17, 15) is 22.4 Å². The first-order valence-corrected chi connectivity index (χ1v) is 10.7. The van der Waals surface area contributed by atoms with Gasteiger partial charge in [-0.2, -0.15) is 13.2 Å². The maximum absolute atomic E-state index is 14.8. The van der Waals surface area contributed by atoms with Gasteiger partial charge in [-0.3, -0.25) is 4.79 Å². The van der Waals surface area contributed by atoms with Crippen LogP contribution in [0.2, 0.25) is 0 Å². The molecule has 2 heterocycles. The smallest absolute Gasteiger partial charge is 0.360 e. The fourth-order valence-corrected chi connectivity index (χ4v) is 4.38. The lowest BCUT2D eigenvalue weighted by molar-refractivity contribution is -0.137. The molecule has 0 spiro atoms. The molecule has 1 aliphatic heterocycles. The predicted molar refractivity (Wildman–Crippen MR) is 116 cm³/mol. The van der Waals surface area contributed by atoms with Gasteiger partial charge in [0.15, 0.2) is 5.13 Å². The Bertz CT molecular complexity index is 1140. The molecule has 1 aliphatic rings. The molecule has 168 valence electrons. The van der Waals surface area contributed by atoms with Gasteiger partial charge in [-0.1, -0.05) is 30.4 Å². The summed E-state index contributed by atoms with van der Waals surface area (Å²) in [6.45, 7) is 2.18. The molecular formula is C22H20F4N4OS. The van der Waals surface area contributed by atoms with Crippen molar-refractivity contribution in [2.24, 2.45) is 5.73 Å². The molecule has 5 nitrogen and oxygen atoms in total. The number of amides is 1. The van der Waals surface area contributed by atoms with Crippen LogP contribution in [0.4, 0.5) is 28.4 Å². The lowest BCUT2D eigenvalue weighted by atomic mass is 9.93. The third-order valence-electron chi connectivity index (χ3n) is 5.52. The number of anilines is 2. The molecule has 32 heavy (non-hydrogen) atoms. The average Bonchev–Trinajstić information content (AvgIpc) is 3.37. The van der Waals surface area contributed by atoms with Crippen molar-refractivity contribution in [1.82, 2.24) is 4.98 Å². The minimum Gasteiger partial charge on any atom is -0.360 e. The number of hydrogen-bond donors (Lipinski definition) is 3. The van der Waals surface area contributed by atoms with Crippen LogP contribution in [0.1, 0.15) is 29.5 Å². The normalized spacial score (nSPS) is 15.2. The van der Waals surface area contributed by atoms with Crippen molar-refractivity contribution in [3.63, 3.8) is 0 Å². The number of nitrogens with one attached hydrogen (secondary N) is 2. The Balaban J connectivity index is 1.40. The number of nitrogens with zero attached hydrogens (tertiary/aromatic N) is 1. The van der Waals surface area contributed by atoms with Crippen LogP contribution >= 0.6 is 11.3 Å². The van der Waals surface area contributed by atoms with Gasteiger partial charge in [0.05, 0.1) is 16.9 Å². The summed E-state index contributed by atoms with van der Waals surface area (Å²) < 4.78 is 53.0. The van der Waals surface area contributed by atoms with E-state index in [0.29, 0.717) is 38.9 Å². The third-order valence-corrected chi connectivity index (χ3v) is 6.51. The molecule has 3 aromatic rings. The molecule has 0 radical (unpaired) electrons. The number of aromatic nitrogens is 1. The molecule has 1 amide bonds. The van der Waals surface area contributed by atoms with Gasteiger partial charge in [0, 0.05) is 35.6 Å². The summed E-state index contributed by atoms with van der Waals surface area (Å²) in [6, 6.07) is 7.87. The summed E-state index contributed by atoms with van der Waals surface area (Å²) in [5.41, 5.74) is 7.44. The second-order valence-electron chi connectivity index (χ2n) is 7.66. The Hall–Kier alpha value is -2.98. The van der Waals surface area contributed by atoms with Gasteiger partial charge >= 0.3 is 6.18 Å². The highest BCUT2D eigenvalue weighted by Crippen LogP contribution is 2.36. The lowest BCUT2D eigenvalue weighted by Crippen LogP contribution is -2.34. The summed E-state index contributed by atoms with van der Waals surface area (Å²) in [5.74, 6) is -0.869. The Labute approximate surface area is 185 Å². The molecule has 0 bridgehead atoms. The fourth-order valence-electron chi connectivity index (χ4n) is 3.54. The molecule has 2 aromatic carbocycles. The first-order valence-electron chi connectivity index (χ1n) is 9.87. The van der Waals surface area contributed by atoms with E-state index in [1.165, 1.54) is 23.5 Å². The van der Waals surface area contributed by atoms with Gasteiger partial charge in [0.25, 0.3) is 0 Å². The molecule has 4 rings (SSSR count). The molecule has 0 saturated heterocycles. The van der Waals surface area contributed by atoms with Crippen LogP contribution in [0.25, 0.3) is 10.4 Å². The van der Waals surface area contributed by atoms with Gasteiger partial charge in [-0.05, 0) is 35.7 Å². The van der Waals surface area contributed by atoms with Gasteiger partial charge in [0.2, 0.25) is 5.91 Å². The van der Waals surface area contributed by atoms with Gasteiger partial charge < -0.3 is 16.4 Å². The van der Waals surface area contributed by atoms with Gasteiger partial charge in [-0.15, -0.1) is 0 Å². The van der Waals surface area contributed by atoms with E-state index in [0.717, 1.165) is 12.1 Å². The van der Waals surface area contributed by atoms with E-state index in [2.05, 4.69) is 15.6 Å². The van der Waals surface area contributed by atoms with Crippen molar-refractivity contribution in [2.45, 2.75) is 31.5 Å². The third kappa shape index (κ3) is 4.46. The first-order chi connectivity index (χ1) is 15.1. The zero-order valence-corrected chi connectivity index (χ0v) is 17.8. The van der Waals surface area contributed by atoms with Crippen LogP contribution in [0.3, 0.4) is 0 Å². The molecular weight excluding hydrogens is 444 g/mol. The monoisotopic (exact) mass is 464 g/mol. The minimum absolute atomic E-state index is 0.00953. The van der Waals surface area contributed by atoms with Crippen molar-refractivity contribution in [1.29, 1.82) is 0 Å². The fraction of sp³-hybridized carbons (Fsp3) is 0.273. The zero-order chi connectivity index (χ0) is 23.0. The highest BCUT2D eigenvalue weighted by Gasteiger charge is 2.30. The summed E-state index contributed by atoms with van der Waals surface area (Å²) in [4.78, 5) is 16.4. The number of alkyl halides is 3. The van der Waals surface area contributed by atoms with Crippen molar-refractivity contribution in [3.8, 4) is 10.4 Å². The van der Waals surface area contributed by atoms with Crippen LogP contribution in [0, 0.1) is 5.82 Å². The molecule has 10 heteroatoms. The van der Waals surface area contributed by atoms with Crippen molar-refractivity contribution in [3.05, 3.63) is 65.1 Å². The Morgan fingerprint density at radius 3 is 2.62 bits per heavy atom. The molecule has 0 fully saturated rings. The second-order valence-corrected chi connectivity index (χ2v) is 8.69. The number of halogens is 4. The lowest BCUT2D eigenvalue weighted by Gasteiger charge is -2.21. The Morgan fingerprint density at radius 2 is 1.94 bits per heavy atom. The number of rotatable bonds is 6. The predicted octanol–water partition coefficient (Wildman–Crippen LogP) is 5.01. The van der Waals surface area contributed by atoms with Crippen LogP contribution in [0.15, 0.2) is 42.6 Å². The van der Waals surface area contributed by atoms with E-state index in [-0.39, 0.29) is 24.3 Å². The average molecular weight is 464 g/mol. The number of nitrogens with two attached hydrogens (primary N) is 1. The number of fused-ring (bicyclic) bond motifs is 1. The summed E-state index contributed by atoms with van der Waals surface area (Å²) in [7, 11) is 0. The Morgan fingerprint density at radius 1 is 1.22 bits per heavy atom. The van der Waals surface area contributed by atoms with Crippen LogP contribution in [-0.4, -0.2) is 23.5 Å². The minimum atomic E-state index is -4.38. The van der Waals surface area contributed by atoms with Gasteiger partial charge in [-0.25, -0.2) is 9.37 Å². The van der Waals surface area contributed by atoms with E-state index in [1.54, 1.807) is 18.3 Å². The molecule has 0 aliphatic carbocycles. The maximum Gasteiger partial charge on any atom is 0.416 e.